The van der Waals surface area contributed by atoms with E-state index in [4.69, 9.17) is 9.47 Å². The molecule has 0 heterocycles. The van der Waals surface area contributed by atoms with E-state index in [-0.39, 0.29) is 5.57 Å². The fourth-order valence-electron chi connectivity index (χ4n) is 2.37. The molecular formula is C19H20O4. The number of carboxylic acid groups (broad SMARTS) is 1. The maximum Gasteiger partial charge on any atom is 0.336 e. The topological polar surface area (TPSA) is 55.8 Å². The molecule has 0 aromatic heterocycles. The van der Waals surface area contributed by atoms with Crippen molar-refractivity contribution >= 4 is 17.6 Å². The van der Waals surface area contributed by atoms with Gasteiger partial charge in [0.15, 0.2) is 11.5 Å². The molecule has 2 aromatic carbocycles. The zero-order valence-electron chi connectivity index (χ0n) is 13.5. The van der Waals surface area contributed by atoms with Crippen LogP contribution in [0.4, 0.5) is 0 Å². The zero-order valence-corrected chi connectivity index (χ0v) is 13.5. The second kappa shape index (κ2) is 7.49. The van der Waals surface area contributed by atoms with Crippen molar-refractivity contribution in [2.75, 3.05) is 14.2 Å². The average molecular weight is 312 g/mol. The van der Waals surface area contributed by atoms with Crippen LogP contribution < -0.4 is 9.47 Å². The molecule has 0 amide bonds. The third-order valence-electron chi connectivity index (χ3n) is 3.64. The van der Waals surface area contributed by atoms with Crippen molar-refractivity contribution in [2.45, 2.75) is 13.3 Å². The Morgan fingerprint density at radius 3 is 2.30 bits per heavy atom. The van der Waals surface area contributed by atoms with Crippen LogP contribution in [0.3, 0.4) is 0 Å². The predicted molar refractivity (Wildman–Crippen MR) is 90.9 cm³/mol. The van der Waals surface area contributed by atoms with Crippen molar-refractivity contribution in [3.05, 3.63) is 59.2 Å². The van der Waals surface area contributed by atoms with Crippen LogP contribution in [0.1, 0.15) is 23.6 Å². The third kappa shape index (κ3) is 3.72. The van der Waals surface area contributed by atoms with Crippen molar-refractivity contribution < 1.29 is 19.4 Å². The normalized spacial score (nSPS) is 11.2. The summed E-state index contributed by atoms with van der Waals surface area (Å²) >= 11 is 0. The molecule has 0 aliphatic heterocycles. The van der Waals surface area contributed by atoms with E-state index in [9.17, 15) is 9.90 Å². The molecule has 23 heavy (non-hydrogen) atoms. The molecule has 4 heteroatoms. The van der Waals surface area contributed by atoms with Crippen LogP contribution in [-0.4, -0.2) is 25.3 Å². The van der Waals surface area contributed by atoms with Gasteiger partial charge >= 0.3 is 5.97 Å². The summed E-state index contributed by atoms with van der Waals surface area (Å²) in [6.45, 7) is 2.06. The summed E-state index contributed by atoms with van der Waals surface area (Å²) in [5.41, 5.74) is 2.68. The first-order valence-electron chi connectivity index (χ1n) is 7.36. The standard InChI is InChI=1S/C19H20O4/c1-4-13-8-10-14(11-9-13)16(19(20)21)12-15-6-5-7-17(22-2)18(15)23-3/h5-12H,4H2,1-3H3,(H,20,21)/b16-12-. The van der Waals surface area contributed by atoms with E-state index >= 15 is 0 Å². The summed E-state index contributed by atoms with van der Waals surface area (Å²) in [6, 6.07) is 12.9. The molecule has 4 nitrogen and oxygen atoms in total. The minimum absolute atomic E-state index is 0.208. The van der Waals surface area contributed by atoms with Crippen molar-refractivity contribution in [2.24, 2.45) is 0 Å². The molecule has 120 valence electrons. The Morgan fingerprint density at radius 1 is 1.09 bits per heavy atom. The summed E-state index contributed by atoms with van der Waals surface area (Å²) in [5, 5.41) is 9.56. The molecule has 0 atom stereocenters. The summed E-state index contributed by atoms with van der Waals surface area (Å²) < 4.78 is 10.6. The molecule has 2 rings (SSSR count). The minimum atomic E-state index is -0.987. The van der Waals surface area contributed by atoms with Crippen LogP contribution in [0.2, 0.25) is 0 Å². The highest BCUT2D eigenvalue weighted by Gasteiger charge is 2.14. The Labute approximate surface area is 136 Å². The van der Waals surface area contributed by atoms with E-state index in [0.29, 0.717) is 22.6 Å². The van der Waals surface area contributed by atoms with Gasteiger partial charge in [0, 0.05) is 5.56 Å². The highest BCUT2D eigenvalue weighted by molar-refractivity contribution is 6.20. The van der Waals surface area contributed by atoms with E-state index in [0.717, 1.165) is 12.0 Å². The quantitative estimate of drug-likeness (QED) is 0.649. The highest BCUT2D eigenvalue weighted by atomic mass is 16.5. The lowest BCUT2D eigenvalue weighted by Gasteiger charge is -2.11. The van der Waals surface area contributed by atoms with Gasteiger partial charge in [-0.15, -0.1) is 0 Å². The first-order valence-corrected chi connectivity index (χ1v) is 7.36. The van der Waals surface area contributed by atoms with Crippen molar-refractivity contribution in [1.29, 1.82) is 0 Å². The molecule has 0 bridgehead atoms. The van der Waals surface area contributed by atoms with Gasteiger partial charge in [0.2, 0.25) is 0 Å². The van der Waals surface area contributed by atoms with Gasteiger partial charge in [0.25, 0.3) is 0 Å². The number of hydrogen-bond acceptors (Lipinski definition) is 3. The first kappa shape index (κ1) is 16.6. The number of aryl methyl sites for hydroxylation is 1. The molecule has 0 aliphatic rings. The number of carboxylic acids is 1. The Morgan fingerprint density at radius 2 is 1.78 bits per heavy atom. The smallest absolute Gasteiger partial charge is 0.336 e. The molecule has 2 aromatic rings. The molecule has 0 aliphatic carbocycles. The van der Waals surface area contributed by atoms with Crippen molar-refractivity contribution in [1.82, 2.24) is 0 Å². The lowest BCUT2D eigenvalue weighted by molar-refractivity contribution is -0.130. The van der Waals surface area contributed by atoms with E-state index in [1.807, 2.05) is 24.3 Å². The molecule has 0 saturated carbocycles. The van der Waals surface area contributed by atoms with Crippen LogP contribution in [0.5, 0.6) is 11.5 Å². The fourth-order valence-corrected chi connectivity index (χ4v) is 2.37. The fraction of sp³-hybridized carbons (Fsp3) is 0.211. The molecule has 0 fully saturated rings. The Balaban J connectivity index is 2.53. The Hall–Kier alpha value is -2.75. The predicted octanol–water partition coefficient (Wildman–Crippen LogP) is 3.89. The van der Waals surface area contributed by atoms with Gasteiger partial charge in [-0.25, -0.2) is 4.79 Å². The van der Waals surface area contributed by atoms with Gasteiger partial charge in [-0.1, -0.05) is 43.3 Å². The Bertz CT molecular complexity index is 715. The molecule has 1 N–H and O–H groups in total. The van der Waals surface area contributed by atoms with Crippen LogP contribution in [0.15, 0.2) is 42.5 Å². The number of hydrogen-bond donors (Lipinski definition) is 1. The van der Waals surface area contributed by atoms with Gasteiger partial charge in [-0.05, 0) is 29.7 Å². The van der Waals surface area contributed by atoms with Crippen molar-refractivity contribution in [3.8, 4) is 11.5 Å². The minimum Gasteiger partial charge on any atom is -0.493 e. The zero-order chi connectivity index (χ0) is 16.8. The summed E-state index contributed by atoms with van der Waals surface area (Å²) in [7, 11) is 3.08. The number of methoxy groups -OCH3 is 2. The average Bonchev–Trinajstić information content (AvgIpc) is 2.59. The third-order valence-corrected chi connectivity index (χ3v) is 3.64. The maximum absolute atomic E-state index is 11.7. The molecular weight excluding hydrogens is 292 g/mol. The van der Waals surface area contributed by atoms with Gasteiger partial charge in [0.05, 0.1) is 19.8 Å². The number of aliphatic carboxylic acids is 1. The number of rotatable bonds is 6. The SMILES string of the molecule is CCc1ccc(/C(=C/c2cccc(OC)c2OC)C(=O)O)cc1. The number of para-hydroxylation sites is 1. The monoisotopic (exact) mass is 312 g/mol. The van der Waals surface area contributed by atoms with Gasteiger partial charge in [0.1, 0.15) is 0 Å². The highest BCUT2D eigenvalue weighted by Crippen LogP contribution is 2.33. The van der Waals surface area contributed by atoms with E-state index in [1.165, 1.54) is 7.11 Å². The second-order valence-corrected chi connectivity index (χ2v) is 5.00. The number of benzene rings is 2. The molecule has 0 spiro atoms. The summed E-state index contributed by atoms with van der Waals surface area (Å²) in [4.78, 5) is 11.7. The van der Waals surface area contributed by atoms with E-state index in [2.05, 4.69) is 6.92 Å². The second-order valence-electron chi connectivity index (χ2n) is 5.00. The summed E-state index contributed by atoms with van der Waals surface area (Å²) in [5.74, 6) is 0.0883. The van der Waals surface area contributed by atoms with E-state index in [1.54, 1.807) is 31.4 Å². The van der Waals surface area contributed by atoms with Crippen LogP contribution in [-0.2, 0) is 11.2 Å². The van der Waals surface area contributed by atoms with Crippen molar-refractivity contribution in [3.63, 3.8) is 0 Å². The largest absolute Gasteiger partial charge is 0.493 e. The molecule has 0 radical (unpaired) electrons. The Kier molecular flexibility index (Phi) is 5.41. The number of carbonyl (C=O) groups is 1. The summed E-state index contributed by atoms with van der Waals surface area (Å²) in [6.07, 6.45) is 2.51. The molecule has 0 saturated heterocycles. The van der Waals surface area contributed by atoms with Gasteiger partial charge < -0.3 is 14.6 Å². The number of ether oxygens (including phenoxy) is 2. The van der Waals surface area contributed by atoms with Crippen LogP contribution in [0, 0.1) is 0 Å². The van der Waals surface area contributed by atoms with Crippen LogP contribution in [0.25, 0.3) is 11.6 Å². The molecule has 0 unspecified atom stereocenters. The van der Waals surface area contributed by atoms with Crippen LogP contribution >= 0.6 is 0 Å². The lowest BCUT2D eigenvalue weighted by atomic mass is 10.0. The van der Waals surface area contributed by atoms with Gasteiger partial charge in [-0.3, -0.25) is 0 Å². The van der Waals surface area contributed by atoms with Gasteiger partial charge in [-0.2, -0.15) is 0 Å². The lowest BCUT2D eigenvalue weighted by Crippen LogP contribution is -2.01. The van der Waals surface area contributed by atoms with E-state index < -0.39 is 5.97 Å². The maximum atomic E-state index is 11.7. The first-order chi connectivity index (χ1) is 11.1.